The van der Waals surface area contributed by atoms with Crippen LogP contribution < -0.4 is 15.4 Å². The predicted molar refractivity (Wildman–Crippen MR) is 94.0 cm³/mol. The molecule has 0 aromatic heterocycles. The van der Waals surface area contributed by atoms with E-state index in [-0.39, 0.29) is 41.8 Å². The molecule has 2 N–H and O–H groups in total. The normalized spacial score (nSPS) is 14.4. The van der Waals surface area contributed by atoms with Gasteiger partial charge in [0, 0.05) is 13.1 Å². The van der Waals surface area contributed by atoms with Gasteiger partial charge in [-0.05, 0) is 37.8 Å². The molecule has 0 amide bonds. The predicted octanol–water partition coefficient (Wildman–Crippen LogP) is 3.51. The van der Waals surface area contributed by atoms with E-state index in [1.807, 2.05) is 6.92 Å². The van der Waals surface area contributed by atoms with Gasteiger partial charge in [0.25, 0.3) is 0 Å². The molecule has 0 saturated heterocycles. The maximum atomic E-state index is 13.8. The molecule has 0 radical (unpaired) electrons. The summed E-state index contributed by atoms with van der Waals surface area (Å²) < 4.78 is 42.9. The summed E-state index contributed by atoms with van der Waals surface area (Å²) in [6.45, 7) is 0.320. The largest absolute Gasteiger partial charge is 0.434 e. The van der Waals surface area contributed by atoms with Crippen LogP contribution in [0.25, 0.3) is 0 Å². The fourth-order valence-corrected chi connectivity index (χ4v) is 1.96. The van der Waals surface area contributed by atoms with Crippen molar-refractivity contribution >= 4 is 29.9 Å². The number of hydrogen-bond donors (Lipinski definition) is 2. The molecule has 1 aliphatic rings. The number of hydrogen-bond acceptors (Lipinski definition) is 2. The number of aliphatic imine (C=N–C) groups is 1. The second-order valence-electron chi connectivity index (χ2n) is 5.11. The molecule has 1 fully saturated rings. The third-order valence-corrected chi connectivity index (χ3v) is 3.29. The maximum absolute atomic E-state index is 13.8. The van der Waals surface area contributed by atoms with Crippen LogP contribution >= 0.6 is 24.0 Å². The Bertz CT molecular complexity index is 525. The van der Waals surface area contributed by atoms with E-state index in [1.165, 1.54) is 31.0 Å². The molecule has 0 unspecified atom stereocenters. The van der Waals surface area contributed by atoms with Crippen LogP contribution in [0.5, 0.6) is 5.75 Å². The van der Waals surface area contributed by atoms with Crippen LogP contribution in [-0.4, -0.2) is 25.7 Å². The van der Waals surface area contributed by atoms with Crippen LogP contribution in [0.4, 0.5) is 13.2 Å². The third kappa shape index (κ3) is 6.84. The zero-order valence-electron chi connectivity index (χ0n) is 12.8. The minimum atomic E-state index is -2.99. The molecule has 0 heterocycles. The Kier molecular flexibility index (Phi) is 8.49. The van der Waals surface area contributed by atoms with E-state index in [2.05, 4.69) is 20.4 Å². The van der Waals surface area contributed by atoms with Crippen molar-refractivity contribution in [2.45, 2.75) is 32.9 Å². The van der Waals surface area contributed by atoms with Gasteiger partial charge in [0.1, 0.15) is 11.6 Å². The molecule has 0 bridgehead atoms. The molecule has 4 nitrogen and oxygen atoms in total. The molecule has 1 aliphatic carbocycles. The van der Waals surface area contributed by atoms with Gasteiger partial charge in [-0.3, -0.25) is 0 Å². The summed E-state index contributed by atoms with van der Waals surface area (Å²) in [5, 5.41) is 6.20. The average Bonchev–Trinajstić information content (AvgIpc) is 3.27. The molecule has 23 heavy (non-hydrogen) atoms. The Morgan fingerprint density at radius 3 is 2.70 bits per heavy atom. The highest BCUT2D eigenvalue weighted by atomic mass is 127. The van der Waals surface area contributed by atoms with Crippen molar-refractivity contribution < 1.29 is 17.9 Å². The van der Waals surface area contributed by atoms with Crippen LogP contribution in [0.1, 0.15) is 25.3 Å². The van der Waals surface area contributed by atoms with Crippen molar-refractivity contribution in [1.82, 2.24) is 10.6 Å². The van der Waals surface area contributed by atoms with Crippen LogP contribution in [0.2, 0.25) is 0 Å². The average molecular weight is 443 g/mol. The van der Waals surface area contributed by atoms with E-state index >= 15 is 0 Å². The van der Waals surface area contributed by atoms with Gasteiger partial charge in [0.05, 0.1) is 12.1 Å². The number of halogens is 4. The Hall–Kier alpha value is -1.19. The molecule has 1 aromatic carbocycles. The maximum Gasteiger partial charge on any atom is 0.387 e. The van der Waals surface area contributed by atoms with Crippen LogP contribution in [0.3, 0.4) is 0 Å². The highest BCUT2D eigenvalue weighted by Gasteiger charge is 2.21. The standard InChI is InChI=1S/C15H20F3N3O.HI/c1-2-19-15(20-8-10-6-7-10)21-9-11-12(16)4-3-5-13(11)22-14(17)18;/h3-5,10,14H,2,6-9H2,1H3,(H2,19,20,21);1H. The number of benzene rings is 1. The van der Waals surface area contributed by atoms with E-state index < -0.39 is 12.4 Å². The second-order valence-corrected chi connectivity index (χ2v) is 5.11. The van der Waals surface area contributed by atoms with Gasteiger partial charge in [0.2, 0.25) is 0 Å². The smallest absolute Gasteiger partial charge is 0.387 e. The van der Waals surface area contributed by atoms with Gasteiger partial charge in [-0.2, -0.15) is 8.78 Å². The molecular formula is C15H21F3IN3O. The van der Waals surface area contributed by atoms with Crippen molar-refractivity contribution in [3.63, 3.8) is 0 Å². The molecule has 2 rings (SSSR count). The van der Waals surface area contributed by atoms with E-state index in [9.17, 15) is 13.2 Å². The zero-order valence-corrected chi connectivity index (χ0v) is 15.2. The van der Waals surface area contributed by atoms with E-state index in [0.29, 0.717) is 18.4 Å². The number of guanidine groups is 1. The Balaban J connectivity index is 0.00000264. The minimum Gasteiger partial charge on any atom is -0.434 e. The first-order valence-electron chi connectivity index (χ1n) is 7.34. The third-order valence-electron chi connectivity index (χ3n) is 3.29. The first kappa shape index (κ1) is 19.9. The fraction of sp³-hybridized carbons (Fsp3) is 0.533. The summed E-state index contributed by atoms with van der Waals surface area (Å²) in [5.41, 5.74) is 0.0198. The van der Waals surface area contributed by atoms with Gasteiger partial charge in [0.15, 0.2) is 5.96 Å². The van der Waals surface area contributed by atoms with Gasteiger partial charge < -0.3 is 15.4 Å². The van der Waals surface area contributed by atoms with Crippen molar-refractivity contribution in [3.05, 3.63) is 29.6 Å². The Labute approximate surface area is 150 Å². The number of rotatable bonds is 7. The molecular weight excluding hydrogens is 422 g/mol. The van der Waals surface area contributed by atoms with Gasteiger partial charge >= 0.3 is 6.61 Å². The zero-order chi connectivity index (χ0) is 15.9. The first-order chi connectivity index (χ1) is 10.6. The first-order valence-corrected chi connectivity index (χ1v) is 7.34. The second kappa shape index (κ2) is 9.84. The number of alkyl halides is 2. The SMILES string of the molecule is CCNC(=NCc1c(F)cccc1OC(F)F)NCC1CC1.I. The number of ether oxygens (including phenoxy) is 1. The summed E-state index contributed by atoms with van der Waals surface area (Å²) in [5.74, 6) is 0.410. The minimum absolute atomic E-state index is 0. The molecule has 0 aliphatic heterocycles. The van der Waals surface area contributed by atoms with Gasteiger partial charge in [-0.15, -0.1) is 24.0 Å². The quantitative estimate of drug-likeness (QED) is 0.385. The van der Waals surface area contributed by atoms with Crippen LogP contribution in [0.15, 0.2) is 23.2 Å². The van der Waals surface area contributed by atoms with Crippen LogP contribution in [-0.2, 0) is 6.54 Å². The lowest BCUT2D eigenvalue weighted by molar-refractivity contribution is -0.0506. The van der Waals surface area contributed by atoms with Gasteiger partial charge in [-0.1, -0.05) is 6.07 Å². The summed E-state index contributed by atoms with van der Waals surface area (Å²) in [7, 11) is 0. The monoisotopic (exact) mass is 443 g/mol. The van der Waals surface area contributed by atoms with Crippen molar-refractivity contribution in [2.75, 3.05) is 13.1 Å². The Morgan fingerprint density at radius 1 is 1.35 bits per heavy atom. The van der Waals surface area contributed by atoms with Crippen molar-refractivity contribution in [1.29, 1.82) is 0 Å². The molecule has 1 saturated carbocycles. The lowest BCUT2D eigenvalue weighted by Crippen LogP contribution is -2.38. The van der Waals surface area contributed by atoms with Crippen molar-refractivity contribution in [3.8, 4) is 5.75 Å². The Morgan fingerprint density at radius 2 is 2.09 bits per heavy atom. The molecule has 0 atom stereocenters. The summed E-state index contributed by atoms with van der Waals surface area (Å²) in [6, 6.07) is 3.84. The highest BCUT2D eigenvalue weighted by molar-refractivity contribution is 14.0. The molecule has 1 aromatic rings. The highest BCUT2D eigenvalue weighted by Crippen LogP contribution is 2.27. The molecule has 130 valence electrons. The summed E-state index contributed by atoms with van der Waals surface area (Å²) in [6.07, 6.45) is 2.40. The van der Waals surface area contributed by atoms with E-state index in [0.717, 1.165) is 6.54 Å². The lowest BCUT2D eigenvalue weighted by Gasteiger charge is -2.13. The van der Waals surface area contributed by atoms with Gasteiger partial charge in [-0.25, -0.2) is 9.38 Å². The fourth-order valence-electron chi connectivity index (χ4n) is 1.96. The van der Waals surface area contributed by atoms with Crippen molar-refractivity contribution in [2.24, 2.45) is 10.9 Å². The topological polar surface area (TPSA) is 45.7 Å². The lowest BCUT2D eigenvalue weighted by atomic mass is 10.2. The molecule has 8 heteroatoms. The number of nitrogens with one attached hydrogen (secondary N) is 2. The molecule has 0 spiro atoms. The summed E-state index contributed by atoms with van der Waals surface area (Å²) >= 11 is 0. The number of nitrogens with zero attached hydrogens (tertiary/aromatic N) is 1. The summed E-state index contributed by atoms with van der Waals surface area (Å²) in [4.78, 5) is 4.24. The van der Waals surface area contributed by atoms with Crippen LogP contribution in [0, 0.1) is 11.7 Å². The van der Waals surface area contributed by atoms with E-state index in [4.69, 9.17) is 0 Å². The van der Waals surface area contributed by atoms with E-state index in [1.54, 1.807) is 0 Å².